The quantitative estimate of drug-likeness (QED) is 0.854. The first-order valence-corrected chi connectivity index (χ1v) is 8.04. The molecule has 2 aliphatic rings. The van der Waals surface area contributed by atoms with Crippen molar-refractivity contribution >= 4 is 11.7 Å². The molecule has 8 nitrogen and oxygen atoms in total. The molecule has 1 aliphatic carbocycles. The van der Waals surface area contributed by atoms with Crippen molar-refractivity contribution in [3.05, 3.63) is 45.8 Å². The zero-order valence-electron chi connectivity index (χ0n) is 13.4. The number of hydrogen-bond donors (Lipinski definition) is 1. The number of hydrogen-bond acceptors (Lipinski definition) is 6. The molecule has 0 radical (unpaired) electrons. The predicted molar refractivity (Wildman–Crippen MR) is 87.0 cm³/mol. The van der Waals surface area contributed by atoms with Crippen molar-refractivity contribution in [1.29, 1.82) is 0 Å². The second-order valence-corrected chi connectivity index (χ2v) is 6.30. The van der Waals surface area contributed by atoms with E-state index in [1.54, 1.807) is 11.9 Å². The lowest BCUT2D eigenvalue weighted by molar-refractivity contribution is 0.0698. The number of likely N-dealkylation sites (N-methyl/N-ethyl adjacent to an activating group) is 1. The molecule has 0 atom stereocenters. The molecule has 0 aromatic carbocycles. The Morgan fingerprint density at radius 1 is 1.29 bits per heavy atom. The number of nitrogens with zero attached hydrogens (tertiary/aromatic N) is 5. The molecule has 3 heterocycles. The summed E-state index contributed by atoms with van der Waals surface area (Å²) in [5.41, 5.74) is 2.24. The van der Waals surface area contributed by atoms with E-state index in [1.807, 2.05) is 0 Å². The monoisotopic (exact) mass is 326 g/mol. The first kappa shape index (κ1) is 14.8. The van der Waals surface area contributed by atoms with Crippen LogP contribution in [0.2, 0.25) is 0 Å². The summed E-state index contributed by atoms with van der Waals surface area (Å²) in [7, 11) is 1.74. The number of carbonyl (C=O) groups is 1. The molecular formula is C16H18N6O2. The summed E-state index contributed by atoms with van der Waals surface area (Å²) in [6, 6.07) is 3.42. The van der Waals surface area contributed by atoms with Crippen molar-refractivity contribution in [3.63, 3.8) is 0 Å². The van der Waals surface area contributed by atoms with E-state index in [2.05, 4.69) is 31.1 Å². The van der Waals surface area contributed by atoms with Gasteiger partial charge >= 0.3 is 0 Å². The maximum atomic E-state index is 12.4. The van der Waals surface area contributed by atoms with E-state index >= 15 is 0 Å². The molecule has 1 aliphatic heterocycles. The van der Waals surface area contributed by atoms with E-state index in [1.165, 1.54) is 18.0 Å². The smallest absolute Gasteiger partial charge is 0.272 e. The highest BCUT2D eigenvalue weighted by Crippen LogP contribution is 2.26. The van der Waals surface area contributed by atoms with E-state index in [0.29, 0.717) is 13.1 Å². The maximum Gasteiger partial charge on any atom is 0.272 e. The van der Waals surface area contributed by atoms with Crippen LogP contribution < -0.4 is 10.5 Å². The standard InChI is InChI=1S/C16H18N6O2/c1-21(16(24)13-6-15(23)18-9-17-13)11-7-22(8-11)14-5-10-3-2-4-12(10)19-20-14/h5-6,9,11H,2-4,7-8H2,1H3,(H,17,18,23). The number of aromatic nitrogens is 4. The minimum Gasteiger partial charge on any atom is -0.351 e. The molecule has 1 amide bonds. The average Bonchev–Trinajstić information content (AvgIpc) is 3.00. The van der Waals surface area contributed by atoms with Crippen LogP contribution in [0.3, 0.4) is 0 Å². The van der Waals surface area contributed by atoms with Gasteiger partial charge in [0.05, 0.1) is 18.1 Å². The fourth-order valence-corrected chi connectivity index (χ4v) is 3.19. The van der Waals surface area contributed by atoms with Gasteiger partial charge in [0, 0.05) is 26.2 Å². The van der Waals surface area contributed by atoms with Gasteiger partial charge in [0.2, 0.25) is 0 Å². The Labute approximate surface area is 138 Å². The van der Waals surface area contributed by atoms with Crippen LogP contribution in [-0.4, -0.2) is 57.2 Å². The zero-order chi connectivity index (χ0) is 16.7. The minimum absolute atomic E-state index is 0.0774. The maximum absolute atomic E-state index is 12.4. The molecule has 0 spiro atoms. The van der Waals surface area contributed by atoms with Gasteiger partial charge in [-0.05, 0) is 30.9 Å². The molecule has 2 aromatic heterocycles. The minimum atomic E-state index is -0.328. The van der Waals surface area contributed by atoms with Crippen molar-refractivity contribution < 1.29 is 4.79 Å². The van der Waals surface area contributed by atoms with E-state index in [4.69, 9.17) is 0 Å². The Hall–Kier alpha value is -2.77. The topological polar surface area (TPSA) is 95.1 Å². The Kier molecular flexibility index (Phi) is 3.51. The van der Waals surface area contributed by atoms with Crippen molar-refractivity contribution in [1.82, 2.24) is 25.1 Å². The number of anilines is 1. The molecule has 4 rings (SSSR count). The van der Waals surface area contributed by atoms with Crippen LogP contribution in [0.15, 0.2) is 23.3 Å². The number of amides is 1. The third-order valence-corrected chi connectivity index (χ3v) is 4.76. The SMILES string of the molecule is CN(C(=O)c1cc(=O)[nH]cn1)C1CN(c2cc3c(nn2)CCC3)C1. The van der Waals surface area contributed by atoms with Crippen LogP contribution in [0.5, 0.6) is 0 Å². The first-order valence-electron chi connectivity index (χ1n) is 8.04. The molecule has 0 unspecified atom stereocenters. The lowest BCUT2D eigenvalue weighted by Crippen LogP contribution is -2.60. The summed E-state index contributed by atoms with van der Waals surface area (Å²) in [5, 5.41) is 8.60. The van der Waals surface area contributed by atoms with Gasteiger partial charge in [-0.1, -0.05) is 0 Å². The van der Waals surface area contributed by atoms with Crippen LogP contribution in [0.4, 0.5) is 5.82 Å². The van der Waals surface area contributed by atoms with Gasteiger partial charge in [0.1, 0.15) is 5.69 Å². The van der Waals surface area contributed by atoms with Gasteiger partial charge in [-0.3, -0.25) is 9.59 Å². The van der Waals surface area contributed by atoms with E-state index in [0.717, 1.165) is 30.8 Å². The normalized spacial score (nSPS) is 16.6. The van der Waals surface area contributed by atoms with Crippen LogP contribution >= 0.6 is 0 Å². The van der Waals surface area contributed by atoms with Crippen LogP contribution in [-0.2, 0) is 12.8 Å². The van der Waals surface area contributed by atoms with Crippen molar-refractivity contribution in [2.24, 2.45) is 0 Å². The van der Waals surface area contributed by atoms with Crippen molar-refractivity contribution in [2.45, 2.75) is 25.3 Å². The first-order chi connectivity index (χ1) is 11.6. The number of carbonyl (C=O) groups excluding carboxylic acids is 1. The van der Waals surface area contributed by atoms with Gasteiger partial charge < -0.3 is 14.8 Å². The summed E-state index contributed by atoms with van der Waals surface area (Å²) in [6.45, 7) is 1.41. The number of aromatic amines is 1. The molecular weight excluding hydrogens is 308 g/mol. The molecule has 24 heavy (non-hydrogen) atoms. The van der Waals surface area contributed by atoms with E-state index in [9.17, 15) is 9.59 Å². The molecule has 0 saturated carbocycles. The number of aryl methyl sites for hydroxylation is 2. The summed E-state index contributed by atoms with van der Waals surface area (Å²) in [4.78, 5) is 33.8. The highest BCUT2D eigenvalue weighted by molar-refractivity contribution is 5.92. The highest BCUT2D eigenvalue weighted by Gasteiger charge is 2.34. The fourth-order valence-electron chi connectivity index (χ4n) is 3.19. The number of nitrogens with one attached hydrogen (secondary N) is 1. The lowest BCUT2D eigenvalue weighted by Gasteiger charge is -2.44. The molecule has 0 bridgehead atoms. The largest absolute Gasteiger partial charge is 0.351 e. The van der Waals surface area contributed by atoms with E-state index < -0.39 is 0 Å². The fraction of sp³-hybridized carbons (Fsp3) is 0.438. The van der Waals surface area contributed by atoms with Crippen molar-refractivity contribution in [2.75, 3.05) is 25.0 Å². The summed E-state index contributed by atoms with van der Waals surface area (Å²) < 4.78 is 0. The van der Waals surface area contributed by atoms with Gasteiger partial charge in [-0.15, -0.1) is 5.10 Å². The van der Waals surface area contributed by atoms with Gasteiger partial charge in [-0.25, -0.2) is 4.98 Å². The molecule has 1 saturated heterocycles. The van der Waals surface area contributed by atoms with Gasteiger partial charge in [0.25, 0.3) is 11.5 Å². The average molecular weight is 326 g/mol. The van der Waals surface area contributed by atoms with Crippen LogP contribution in [0, 0.1) is 0 Å². The van der Waals surface area contributed by atoms with Crippen molar-refractivity contribution in [3.8, 4) is 0 Å². The van der Waals surface area contributed by atoms with Crippen LogP contribution in [0.1, 0.15) is 28.2 Å². The van der Waals surface area contributed by atoms with Crippen LogP contribution in [0.25, 0.3) is 0 Å². The second kappa shape index (κ2) is 5.70. The Morgan fingerprint density at radius 2 is 2.12 bits per heavy atom. The number of fused-ring (bicyclic) bond motifs is 1. The number of rotatable bonds is 3. The van der Waals surface area contributed by atoms with E-state index in [-0.39, 0.29) is 23.2 Å². The molecule has 2 aromatic rings. The molecule has 8 heteroatoms. The Balaban J connectivity index is 1.41. The predicted octanol–water partition coefficient (Wildman–Crippen LogP) is 0.00940. The molecule has 1 fully saturated rings. The van der Waals surface area contributed by atoms with Gasteiger partial charge in [0.15, 0.2) is 5.82 Å². The summed E-state index contributed by atoms with van der Waals surface area (Å²) >= 11 is 0. The summed E-state index contributed by atoms with van der Waals surface area (Å²) in [6.07, 6.45) is 4.49. The number of H-pyrrole nitrogens is 1. The summed E-state index contributed by atoms with van der Waals surface area (Å²) in [5.74, 6) is 0.632. The molecule has 124 valence electrons. The molecule has 1 N–H and O–H groups in total. The Bertz CT molecular complexity index is 842. The third kappa shape index (κ3) is 2.53. The third-order valence-electron chi connectivity index (χ3n) is 4.76. The lowest BCUT2D eigenvalue weighted by atomic mass is 10.1. The second-order valence-electron chi connectivity index (χ2n) is 6.30. The Morgan fingerprint density at radius 3 is 2.92 bits per heavy atom. The van der Waals surface area contributed by atoms with Gasteiger partial charge in [-0.2, -0.15) is 5.10 Å². The highest BCUT2D eigenvalue weighted by atomic mass is 16.2. The zero-order valence-corrected chi connectivity index (χ0v) is 13.4.